The van der Waals surface area contributed by atoms with Gasteiger partial charge in [-0.1, -0.05) is 0 Å². The molecule has 3 aromatic rings. The molecule has 7 nitrogen and oxygen atoms in total. The zero-order valence-electron chi connectivity index (χ0n) is 10.0. The summed E-state index contributed by atoms with van der Waals surface area (Å²) in [7, 11) is -3.24. The monoisotopic (exact) mass is 277 g/mol. The van der Waals surface area contributed by atoms with Crippen LogP contribution in [0, 0.1) is 0 Å². The normalized spacial score (nSPS) is 12.1. The van der Waals surface area contributed by atoms with Crippen LogP contribution in [0.4, 0.5) is 5.82 Å². The Morgan fingerprint density at radius 2 is 2.11 bits per heavy atom. The van der Waals surface area contributed by atoms with E-state index in [1.54, 1.807) is 18.3 Å². The summed E-state index contributed by atoms with van der Waals surface area (Å²) in [6, 6.07) is 4.74. The van der Waals surface area contributed by atoms with Gasteiger partial charge in [-0.2, -0.15) is 5.10 Å². The SMILES string of the molecule is CS(=O)(=O)c1ccc2nc(-c3cn[nH]c3N)[nH]c2c1. The Bertz CT molecular complexity index is 862. The molecule has 4 N–H and O–H groups in total. The second-order valence-corrected chi connectivity index (χ2v) is 6.25. The van der Waals surface area contributed by atoms with Crippen LogP contribution in [0.5, 0.6) is 0 Å². The highest BCUT2D eigenvalue weighted by Crippen LogP contribution is 2.25. The molecular weight excluding hydrogens is 266 g/mol. The maximum Gasteiger partial charge on any atom is 0.175 e. The third kappa shape index (κ3) is 1.95. The number of H-pyrrole nitrogens is 2. The van der Waals surface area contributed by atoms with E-state index in [1.807, 2.05) is 0 Å². The lowest BCUT2D eigenvalue weighted by molar-refractivity contribution is 0.602. The van der Waals surface area contributed by atoms with E-state index in [4.69, 9.17) is 5.73 Å². The number of nitrogens with one attached hydrogen (secondary N) is 2. The van der Waals surface area contributed by atoms with Gasteiger partial charge in [0.1, 0.15) is 11.6 Å². The van der Waals surface area contributed by atoms with Gasteiger partial charge in [-0.3, -0.25) is 5.10 Å². The molecule has 0 spiro atoms. The molecule has 3 rings (SSSR count). The number of rotatable bonds is 2. The Balaban J connectivity index is 2.19. The van der Waals surface area contributed by atoms with Gasteiger partial charge >= 0.3 is 0 Å². The van der Waals surface area contributed by atoms with Crippen LogP contribution in [0.3, 0.4) is 0 Å². The predicted molar refractivity (Wildman–Crippen MR) is 71.2 cm³/mol. The molecule has 0 atom stereocenters. The zero-order valence-corrected chi connectivity index (χ0v) is 10.8. The largest absolute Gasteiger partial charge is 0.383 e. The molecule has 0 unspecified atom stereocenters. The third-order valence-electron chi connectivity index (χ3n) is 2.81. The maximum atomic E-state index is 11.5. The number of hydrogen-bond acceptors (Lipinski definition) is 5. The molecule has 0 saturated heterocycles. The van der Waals surface area contributed by atoms with E-state index in [2.05, 4.69) is 20.2 Å². The fourth-order valence-corrected chi connectivity index (χ4v) is 2.48. The molecule has 2 heterocycles. The molecule has 0 aliphatic heterocycles. The van der Waals surface area contributed by atoms with E-state index in [0.717, 1.165) is 0 Å². The molecule has 0 saturated carbocycles. The summed E-state index contributed by atoms with van der Waals surface area (Å²) in [4.78, 5) is 7.63. The second kappa shape index (κ2) is 3.82. The van der Waals surface area contributed by atoms with Gasteiger partial charge < -0.3 is 10.7 Å². The van der Waals surface area contributed by atoms with E-state index in [-0.39, 0.29) is 4.90 Å². The minimum atomic E-state index is -3.24. The smallest absolute Gasteiger partial charge is 0.175 e. The Kier molecular flexibility index (Phi) is 2.36. The van der Waals surface area contributed by atoms with Crippen LogP contribution in [-0.4, -0.2) is 34.8 Å². The third-order valence-corrected chi connectivity index (χ3v) is 3.92. The standard InChI is InChI=1S/C11H11N5O2S/c1-19(17,18)6-2-3-8-9(4-6)15-11(14-8)7-5-13-16-10(7)12/h2-5H,1H3,(H,14,15)(H3,12,13,16). The van der Waals surface area contributed by atoms with Crippen molar-refractivity contribution in [2.24, 2.45) is 0 Å². The minimum Gasteiger partial charge on any atom is -0.383 e. The second-order valence-electron chi connectivity index (χ2n) is 4.23. The first-order valence-electron chi connectivity index (χ1n) is 5.44. The van der Waals surface area contributed by atoms with Crippen molar-refractivity contribution in [1.82, 2.24) is 20.2 Å². The van der Waals surface area contributed by atoms with Crippen LogP contribution in [0.15, 0.2) is 29.3 Å². The summed E-state index contributed by atoms with van der Waals surface area (Å²) < 4.78 is 23.0. The fraction of sp³-hybridized carbons (Fsp3) is 0.0909. The van der Waals surface area contributed by atoms with Gasteiger partial charge in [-0.25, -0.2) is 13.4 Å². The fourth-order valence-electron chi connectivity index (χ4n) is 1.83. The quantitative estimate of drug-likeness (QED) is 0.644. The molecule has 0 bridgehead atoms. The molecular formula is C11H11N5O2S. The van der Waals surface area contributed by atoms with Gasteiger partial charge in [0.05, 0.1) is 27.7 Å². The molecule has 2 aromatic heterocycles. The highest BCUT2D eigenvalue weighted by Gasteiger charge is 2.13. The summed E-state index contributed by atoms with van der Waals surface area (Å²) >= 11 is 0. The number of imidazole rings is 1. The van der Waals surface area contributed by atoms with Crippen molar-refractivity contribution in [2.45, 2.75) is 4.90 Å². The van der Waals surface area contributed by atoms with Crippen LogP contribution in [0.25, 0.3) is 22.4 Å². The van der Waals surface area contributed by atoms with E-state index in [9.17, 15) is 8.42 Å². The summed E-state index contributed by atoms with van der Waals surface area (Å²) in [5.74, 6) is 0.953. The van der Waals surface area contributed by atoms with Crippen LogP contribution in [0.1, 0.15) is 0 Å². The van der Waals surface area contributed by atoms with Gasteiger partial charge in [0.15, 0.2) is 9.84 Å². The first kappa shape index (κ1) is 11.7. The van der Waals surface area contributed by atoms with Crippen molar-refractivity contribution in [2.75, 3.05) is 12.0 Å². The van der Waals surface area contributed by atoms with E-state index in [1.165, 1.54) is 12.3 Å². The van der Waals surface area contributed by atoms with Crippen molar-refractivity contribution < 1.29 is 8.42 Å². The number of aromatic amines is 2. The van der Waals surface area contributed by atoms with Crippen molar-refractivity contribution in [3.8, 4) is 11.4 Å². The Morgan fingerprint density at radius 3 is 2.74 bits per heavy atom. The maximum absolute atomic E-state index is 11.5. The van der Waals surface area contributed by atoms with Crippen molar-refractivity contribution >= 4 is 26.7 Å². The number of nitrogens with zero attached hydrogens (tertiary/aromatic N) is 2. The topological polar surface area (TPSA) is 118 Å². The average Bonchev–Trinajstić information content (AvgIpc) is 2.91. The number of aromatic nitrogens is 4. The van der Waals surface area contributed by atoms with Crippen molar-refractivity contribution in [3.63, 3.8) is 0 Å². The molecule has 8 heteroatoms. The van der Waals surface area contributed by atoms with Gasteiger partial charge in [0.2, 0.25) is 0 Å². The predicted octanol–water partition coefficient (Wildman–Crippen LogP) is 0.939. The minimum absolute atomic E-state index is 0.246. The van der Waals surface area contributed by atoms with Crippen LogP contribution in [0.2, 0.25) is 0 Å². The number of sulfone groups is 1. The molecule has 0 fully saturated rings. The number of nitrogen functional groups attached to an aromatic ring is 1. The highest BCUT2D eigenvalue weighted by molar-refractivity contribution is 7.90. The molecule has 1 aromatic carbocycles. The summed E-state index contributed by atoms with van der Waals surface area (Å²) in [5.41, 5.74) is 7.68. The number of anilines is 1. The lowest BCUT2D eigenvalue weighted by Crippen LogP contribution is -1.96. The first-order chi connectivity index (χ1) is 8.95. The number of nitrogens with two attached hydrogens (primary N) is 1. The first-order valence-corrected chi connectivity index (χ1v) is 7.33. The average molecular weight is 277 g/mol. The van der Waals surface area contributed by atoms with E-state index < -0.39 is 9.84 Å². The molecule has 0 radical (unpaired) electrons. The Hall–Kier alpha value is -2.35. The van der Waals surface area contributed by atoms with Gasteiger partial charge in [0.25, 0.3) is 0 Å². The van der Waals surface area contributed by atoms with Crippen LogP contribution < -0.4 is 5.73 Å². The lowest BCUT2D eigenvalue weighted by atomic mass is 10.3. The number of hydrogen-bond donors (Lipinski definition) is 3. The van der Waals surface area contributed by atoms with Crippen molar-refractivity contribution in [3.05, 3.63) is 24.4 Å². The molecule has 19 heavy (non-hydrogen) atoms. The molecule has 0 amide bonds. The van der Waals surface area contributed by atoms with Gasteiger partial charge in [-0.05, 0) is 18.2 Å². The zero-order chi connectivity index (χ0) is 13.6. The summed E-state index contributed by atoms with van der Waals surface area (Å²) in [5, 5.41) is 6.44. The van der Waals surface area contributed by atoms with Gasteiger partial charge in [-0.15, -0.1) is 0 Å². The number of fused-ring (bicyclic) bond motifs is 1. The van der Waals surface area contributed by atoms with E-state index in [0.29, 0.717) is 28.2 Å². The summed E-state index contributed by atoms with van der Waals surface area (Å²) in [6.07, 6.45) is 2.73. The Labute approximate surface area is 108 Å². The Morgan fingerprint density at radius 1 is 1.32 bits per heavy atom. The van der Waals surface area contributed by atoms with Crippen molar-refractivity contribution in [1.29, 1.82) is 0 Å². The highest BCUT2D eigenvalue weighted by atomic mass is 32.2. The van der Waals surface area contributed by atoms with Crippen LogP contribution in [-0.2, 0) is 9.84 Å². The van der Waals surface area contributed by atoms with Gasteiger partial charge in [0, 0.05) is 6.26 Å². The molecule has 0 aliphatic rings. The molecule has 0 aliphatic carbocycles. The lowest BCUT2D eigenvalue weighted by Gasteiger charge is -1.96. The summed E-state index contributed by atoms with van der Waals surface area (Å²) in [6.45, 7) is 0. The van der Waals surface area contributed by atoms with E-state index >= 15 is 0 Å². The van der Waals surface area contributed by atoms with Crippen LogP contribution >= 0.6 is 0 Å². The molecule has 98 valence electrons. The number of benzene rings is 1.